The number of ether oxygens (including phenoxy) is 3. The second kappa shape index (κ2) is 13.1. The van der Waals surface area contributed by atoms with Gasteiger partial charge >= 0.3 is 0 Å². The average Bonchev–Trinajstić information content (AvgIpc) is 2.97. The lowest BCUT2D eigenvalue weighted by Crippen LogP contribution is -2.66. The van der Waals surface area contributed by atoms with Gasteiger partial charge in [-0.3, -0.25) is 0 Å². The number of rotatable bonds is 10. The fourth-order valence-corrected chi connectivity index (χ4v) is 10.7. The lowest BCUT2D eigenvalue weighted by atomic mass is 9.82. The smallest absolute Gasteiger partial charge is 0.261 e. The molecule has 0 radical (unpaired) electrons. The Morgan fingerprint density at radius 1 is 0.850 bits per heavy atom. The van der Waals surface area contributed by atoms with E-state index in [1.54, 1.807) is 7.11 Å². The summed E-state index contributed by atoms with van der Waals surface area (Å²) in [5.74, 6) is 0.898. The molecule has 0 N–H and O–H groups in total. The van der Waals surface area contributed by atoms with E-state index in [2.05, 4.69) is 101 Å². The molecule has 0 spiro atoms. The van der Waals surface area contributed by atoms with E-state index in [-0.39, 0.29) is 29.1 Å². The first kappa shape index (κ1) is 30.0. The molecule has 1 aliphatic heterocycles. The van der Waals surface area contributed by atoms with Crippen molar-refractivity contribution < 1.29 is 18.6 Å². The molecule has 0 amide bonds. The zero-order chi connectivity index (χ0) is 28.8. The van der Waals surface area contributed by atoms with Gasteiger partial charge in [-0.1, -0.05) is 107 Å². The second-order valence-corrected chi connectivity index (χ2v) is 16.2. The maximum Gasteiger partial charge on any atom is 0.261 e. The van der Waals surface area contributed by atoms with Crippen LogP contribution >= 0.6 is 0 Å². The van der Waals surface area contributed by atoms with E-state index in [4.69, 9.17) is 18.6 Å². The molecule has 1 fully saturated rings. The molecule has 6 heteroatoms. The molecule has 1 saturated heterocycles. The summed E-state index contributed by atoms with van der Waals surface area (Å²) in [6.07, 6.45) is -0.0629. The monoisotopic (exact) mass is 557 g/mol. The highest BCUT2D eigenvalue weighted by molar-refractivity contribution is 6.99. The van der Waals surface area contributed by atoms with Crippen molar-refractivity contribution in [2.45, 2.75) is 71.0 Å². The number of hydrogen-bond donors (Lipinski definition) is 0. The van der Waals surface area contributed by atoms with Gasteiger partial charge in [0.15, 0.2) is 0 Å². The Labute approximate surface area is 241 Å². The van der Waals surface area contributed by atoms with Crippen LogP contribution in [0.3, 0.4) is 0 Å². The minimum atomic E-state index is -2.64. The third kappa shape index (κ3) is 6.34. The first-order valence-electron chi connectivity index (χ1n) is 14.3. The van der Waals surface area contributed by atoms with Crippen molar-refractivity contribution >= 4 is 18.7 Å². The third-order valence-electron chi connectivity index (χ3n) is 8.29. The Kier molecular flexibility index (Phi) is 9.86. The van der Waals surface area contributed by atoms with Gasteiger partial charge in [-0.05, 0) is 39.5 Å². The van der Waals surface area contributed by atoms with Crippen molar-refractivity contribution in [3.8, 4) is 11.8 Å². The SMILES string of the molecule is COc1ccc(CO[C@@H]2[C@@H](C)[C@@H](C#N)O[C@H](CCO[Si](c3ccccc3)(c3ccccc3)C(C)(C)C)[C@@H]2C)cc1. The predicted octanol–water partition coefficient (Wildman–Crippen LogP) is 6.11. The van der Waals surface area contributed by atoms with Crippen LogP contribution in [-0.2, 0) is 20.5 Å². The Balaban J connectivity index is 1.53. The molecule has 40 heavy (non-hydrogen) atoms. The van der Waals surface area contributed by atoms with Gasteiger partial charge in [0.05, 0.1) is 32.0 Å². The molecule has 3 aromatic rings. The van der Waals surface area contributed by atoms with Gasteiger partial charge in [0, 0.05) is 18.4 Å². The highest BCUT2D eigenvalue weighted by Crippen LogP contribution is 2.38. The molecule has 0 saturated carbocycles. The molecule has 5 atom stereocenters. The maximum absolute atomic E-state index is 9.92. The third-order valence-corrected chi connectivity index (χ3v) is 13.3. The molecule has 1 heterocycles. The molecule has 0 unspecified atom stereocenters. The minimum absolute atomic E-state index is 0.0351. The number of benzene rings is 3. The van der Waals surface area contributed by atoms with E-state index in [0.29, 0.717) is 19.6 Å². The van der Waals surface area contributed by atoms with E-state index in [1.807, 2.05) is 24.3 Å². The van der Waals surface area contributed by atoms with Crippen LogP contribution in [0.2, 0.25) is 5.04 Å². The number of methoxy groups -OCH3 is 1. The van der Waals surface area contributed by atoms with Gasteiger partial charge in [0.2, 0.25) is 0 Å². The molecular formula is C34H43NO4Si. The summed E-state index contributed by atoms with van der Waals surface area (Å²) >= 11 is 0. The summed E-state index contributed by atoms with van der Waals surface area (Å²) in [5.41, 5.74) is 1.08. The molecule has 3 aromatic carbocycles. The fourth-order valence-electron chi connectivity index (χ4n) is 6.09. The molecule has 0 aliphatic carbocycles. The standard InChI is InChI=1S/C34H43NO4Si/c1-25-31(39-32(23-35)26(2)33(25)37-24-27-17-19-28(36-6)20-18-27)21-22-38-40(34(3,4)5,29-13-9-7-10-14-29)30-15-11-8-12-16-30/h7-20,25-26,31-33H,21-22,24H2,1-6H3/t25-,26-,31+,32+,33-/m0/s1. The molecule has 4 rings (SSSR count). The van der Waals surface area contributed by atoms with Gasteiger partial charge in [-0.2, -0.15) is 5.26 Å². The molecule has 212 valence electrons. The predicted molar refractivity (Wildman–Crippen MR) is 162 cm³/mol. The van der Waals surface area contributed by atoms with Crippen molar-refractivity contribution in [2.75, 3.05) is 13.7 Å². The van der Waals surface area contributed by atoms with Crippen LogP contribution in [0.25, 0.3) is 0 Å². The Hall–Kier alpha value is -2.95. The summed E-state index contributed by atoms with van der Waals surface area (Å²) in [6, 6.07) is 31.7. The molecule has 5 nitrogen and oxygen atoms in total. The van der Waals surface area contributed by atoms with Crippen LogP contribution in [0.1, 0.15) is 46.6 Å². The lowest BCUT2D eigenvalue weighted by molar-refractivity contribution is -0.171. The van der Waals surface area contributed by atoms with Gasteiger partial charge in [-0.15, -0.1) is 0 Å². The lowest BCUT2D eigenvalue weighted by Gasteiger charge is -2.45. The quantitative estimate of drug-likeness (QED) is 0.282. The first-order valence-corrected chi connectivity index (χ1v) is 16.2. The van der Waals surface area contributed by atoms with Crippen LogP contribution in [0.4, 0.5) is 0 Å². The number of nitrogens with zero attached hydrogens (tertiary/aromatic N) is 1. The average molecular weight is 558 g/mol. The van der Waals surface area contributed by atoms with E-state index in [1.165, 1.54) is 10.4 Å². The first-order chi connectivity index (χ1) is 19.2. The van der Waals surface area contributed by atoms with Crippen LogP contribution in [0, 0.1) is 23.2 Å². The summed E-state index contributed by atoms with van der Waals surface area (Å²) in [7, 11) is -0.978. The minimum Gasteiger partial charge on any atom is -0.497 e. The number of hydrogen-bond acceptors (Lipinski definition) is 5. The highest BCUT2D eigenvalue weighted by Gasteiger charge is 2.50. The highest BCUT2D eigenvalue weighted by atomic mass is 28.4. The molecule has 1 aliphatic rings. The topological polar surface area (TPSA) is 60.7 Å². The van der Waals surface area contributed by atoms with Gasteiger partial charge in [0.1, 0.15) is 11.9 Å². The van der Waals surface area contributed by atoms with Crippen molar-refractivity contribution in [3.05, 3.63) is 90.5 Å². The van der Waals surface area contributed by atoms with Gasteiger partial charge in [0.25, 0.3) is 8.32 Å². The van der Waals surface area contributed by atoms with Gasteiger partial charge < -0.3 is 18.6 Å². The zero-order valence-corrected chi connectivity index (χ0v) is 25.7. The summed E-state index contributed by atoms with van der Waals surface area (Å²) in [4.78, 5) is 0. The summed E-state index contributed by atoms with van der Waals surface area (Å²) in [5, 5.41) is 12.3. The molecule has 0 bridgehead atoms. The van der Waals surface area contributed by atoms with E-state index in [0.717, 1.165) is 11.3 Å². The van der Waals surface area contributed by atoms with Crippen molar-refractivity contribution in [2.24, 2.45) is 11.8 Å². The normalized spacial score (nSPS) is 23.4. The summed E-state index contributed by atoms with van der Waals surface area (Å²) < 4.78 is 25.2. The van der Waals surface area contributed by atoms with Gasteiger partial charge in [-0.25, -0.2) is 0 Å². The van der Waals surface area contributed by atoms with E-state index < -0.39 is 14.4 Å². The summed E-state index contributed by atoms with van der Waals surface area (Å²) in [6.45, 7) is 12.1. The van der Waals surface area contributed by atoms with Crippen LogP contribution in [0.5, 0.6) is 5.75 Å². The van der Waals surface area contributed by atoms with Crippen molar-refractivity contribution in [3.63, 3.8) is 0 Å². The van der Waals surface area contributed by atoms with Crippen LogP contribution < -0.4 is 15.1 Å². The Bertz CT molecular complexity index is 1200. The largest absolute Gasteiger partial charge is 0.497 e. The second-order valence-electron chi connectivity index (χ2n) is 11.9. The Morgan fingerprint density at radius 3 is 1.93 bits per heavy atom. The molecule has 0 aromatic heterocycles. The van der Waals surface area contributed by atoms with Crippen LogP contribution in [0.15, 0.2) is 84.9 Å². The number of nitriles is 1. The van der Waals surface area contributed by atoms with Crippen molar-refractivity contribution in [1.29, 1.82) is 5.26 Å². The van der Waals surface area contributed by atoms with Crippen molar-refractivity contribution in [1.82, 2.24) is 0 Å². The molecular weight excluding hydrogens is 514 g/mol. The van der Waals surface area contributed by atoms with Crippen LogP contribution in [-0.4, -0.2) is 40.3 Å². The van der Waals surface area contributed by atoms with E-state index in [9.17, 15) is 5.26 Å². The Morgan fingerprint density at radius 2 is 1.43 bits per heavy atom. The fraction of sp³-hybridized carbons (Fsp3) is 0.441. The van der Waals surface area contributed by atoms with E-state index >= 15 is 0 Å². The maximum atomic E-state index is 9.92. The zero-order valence-electron chi connectivity index (χ0n) is 24.7.